The second-order valence-electron chi connectivity index (χ2n) is 5.09. The van der Waals surface area contributed by atoms with Gasteiger partial charge in [0.1, 0.15) is 5.82 Å². The molecule has 2 N–H and O–H groups in total. The number of hydrogen-bond donors (Lipinski definition) is 1. The molecule has 98 valence electrons. The minimum atomic E-state index is 0.0636. The number of anilines is 1. The van der Waals surface area contributed by atoms with Crippen LogP contribution in [0.1, 0.15) is 30.1 Å². The molecule has 0 radical (unpaired) electrons. The summed E-state index contributed by atoms with van der Waals surface area (Å²) < 4.78 is 0. The first-order valence-electron chi connectivity index (χ1n) is 6.62. The number of nitrogens with two attached hydrogens (primary N) is 1. The zero-order valence-corrected chi connectivity index (χ0v) is 11.0. The molecule has 0 aliphatic carbocycles. The monoisotopic (exact) mass is 255 g/mol. The van der Waals surface area contributed by atoms with E-state index in [1.165, 1.54) is 0 Å². The molecule has 1 unspecified atom stereocenters. The molecule has 0 spiro atoms. The van der Waals surface area contributed by atoms with Gasteiger partial charge in [0, 0.05) is 24.2 Å². The van der Waals surface area contributed by atoms with Crippen LogP contribution in [0.2, 0.25) is 0 Å². The predicted molar refractivity (Wildman–Crippen MR) is 75.9 cm³/mol. The molecule has 1 atom stereocenters. The first-order chi connectivity index (χ1) is 9.18. The highest BCUT2D eigenvalue weighted by atomic mass is 16.2. The lowest BCUT2D eigenvalue weighted by molar-refractivity contribution is 0.0749. The van der Waals surface area contributed by atoms with Gasteiger partial charge in [-0.2, -0.15) is 0 Å². The zero-order chi connectivity index (χ0) is 13.4. The van der Waals surface area contributed by atoms with Gasteiger partial charge in [-0.05, 0) is 25.2 Å². The molecule has 1 amide bonds. The maximum absolute atomic E-state index is 12.6. The van der Waals surface area contributed by atoms with Crippen molar-refractivity contribution < 1.29 is 4.79 Å². The number of carbonyl (C=O) groups excluding carboxylic acids is 1. The van der Waals surface area contributed by atoms with Crippen molar-refractivity contribution in [3.63, 3.8) is 0 Å². The fourth-order valence-corrected chi connectivity index (χ4v) is 2.77. The minimum absolute atomic E-state index is 0.0636. The van der Waals surface area contributed by atoms with Crippen molar-refractivity contribution in [2.45, 2.75) is 25.8 Å². The van der Waals surface area contributed by atoms with E-state index in [1.54, 1.807) is 6.20 Å². The van der Waals surface area contributed by atoms with Gasteiger partial charge in [0.2, 0.25) is 0 Å². The van der Waals surface area contributed by atoms with Crippen LogP contribution < -0.4 is 5.73 Å². The number of carbonyl (C=O) groups is 1. The number of pyridine rings is 1. The molecule has 1 aromatic heterocycles. The van der Waals surface area contributed by atoms with E-state index in [4.69, 9.17) is 5.73 Å². The molecule has 19 heavy (non-hydrogen) atoms. The van der Waals surface area contributed by atoms with Crippen LogP contribution in [0.15, 0.2) is 30.5 Å². The van der Waals surface area contributed by atoms with E-state index in [9.17, 15) is 4.79 Å². The van der Waals surface area contributed by atoms with Crippen molar-refractivity contribution in [1.82, 2.24) is 9.88 Å². The van der Waals surface area contributed by atoms with Crippen molar-refractivity contribution in [2.24, 2.45) is 0 Å². The Morgan fingerprint density at radius 2 is 2.11 bits per heavy atom. The quantitative estimate of drug-likeness (QED) is 0.851. The molecule has 3 rings (SSSR count). The first-order valence-corrected chi connectivity index (χ1v) is 6.62. The van der Waals surface area contributed by atoms with Gasteiger partial charge in [-0.3, -0.25) is 4.79 Å². The highest BCUT2D eigenvalue weighted by Crippen LogP contribution is 2.26. The van der Waals surface area contributed by atoms with Crippen LogP contribution in [0.25, 0.3) is 10.8 Å². The fraction of sp³-hybridized carbons (Fsp3) is 0.333. The molecule has 1 saturated heterocycles. The Bertz CT molecular complexity index is 638. The summed E-state index contributed by atoms with van der Waals surface area (Å²) >= 11 is 0. The SMILES string of the molecule is CC1CCCN1C(=O)c1cnc(N)c2ccccc12. The summed E-state index contributed by atoms with van der Waals surface area (Å²) in [6, 6.07) is 7.98. The van der Waals surface area contributed by atoms with Crippen LogP contribution in [-0.4, -0.2) is 28.4 Å². The number of nitrogens with zero attached hydrogens (tertiary/aromatic N) is 2. The number of aromatic nitrogens is 1. The predicted octanol–water partition coefficient (Wildman–Crippen LogP) is 2.44. The van der Waals surface area contributed by atoms with Crippen LogP contribution in [0, 0.1) is 0 Å². The van der Waals surface area contributed by atoms with Crippen molar-refractivity contribution in [3.8, 4) is 0 Å². The Balaban J connectivity index is 2.10. The van der Waals surface area contributed by atoms with E-state index in [1.807, 2.05) is 29.2 Å². The average Bonchev–Trinajstić information content (AvgIpc) is 2.85. The van der Waals surface area contributed by atoms with Crippen LogP contribution in [-0.2, 0) is 0 Å². The number of rotatable bonds is 1. The molecule has 1 aromatic carbocycles. The molecule has 2 aromatic rings. The van der Waals surface area contributed by atoms with Crippen LogP contribution >= 0.6 is 0 Å². The molecular weight excluding hydrogens is 238 g/mol. The molecule has 4 heteroatoms. The van der Waals surface area contributed by atoms with Crippen molar-refractivity contribution in [2.75, 3.05) is 12.3 Å². The lowest BCUT2D eigenvalue weighted by atomic mass is 10.1. The minimum Gasteiger partial charge on any atom is -0.383 e. The lowest BCUT2D eigenvalue weighted by Crippen LogP contribution is -2.33. The topological polar surface area (TPSA) is 59.2 Å². The molecular formula is C15H17N3O. The van der Waals surface area contributed by atoms with Gasteiger partial charge in [-0.15, -0.1) is 0 Å². The second kappa shape index (κ2) is 4.53. The number of likely N-dealkylation sites (tertiary alicyclic amines) is 1. The van der Waals surface area contributed by atoms with E-state index >= 15 is 0 Å². The standard InChI is InChI=1S/C15H17N3O/c1-10-5-4-8-18(10)15(19)13-9-17-14(16)12-7-3-2-6-11(12)13/h2-3,6-7,9-10H,4-5,8H2,1H3,(H2,16,17). The van der Waals surface area contributed by atoms with Crippen LogP contribution in [0.4, 0.5) is 5.82 Å². The number of benzene rings is 1. The highest BCUT2D eigenvalue weighted by Gasteiger charge is 2.27. The van der Waals surface area contributed by atoms with Gasteiger partial charge in [-0.1, -0.05) is 24.3 Å². The Hall–Kier alpha value is -2.10. The van der Waals surface area contributed by atoms with Gasteiger partial charge in [-0.25, -0.2) is 4.98 Å². The third-order valence-corrected chi connectivity index (χ3v) is 3.87. The summed E-state index contributed by atoms with van der Waals surface area (Å²) in [7, 11) is 0. The van der Waals surface area contributed by atoms with Crippen molar-refractivity contribution >= 4 is 22.5 Å². The molecule has 0 saturated carbocycles. The highest BCUT2D eigenvalue weighted by molar-refractivity contribution is 6.09. The molecule has 1 aliphatic rings. The molecule has 1 aliphatic heterocycles. The normalized spacial score (nSPS) is 19.0. The Labute approximate surface area is 112 Å². The summed E-state index contributed by atoms with van der Waals surface area (Å²) in [5, 5.41) is 1.74. The first kappa shape index (κ1) is 12.0. The number of hydrogen-bond acceptors (Lipinski definition) is 3. The molecule has 2 heterocycles. The summed E-state index contributed by atoms with van der Waals surface area (Å²) in [6.07, 6.45) is 3.75. The summed E-state index contributed by atoms with van der Waals surface area (Å²) in [4.78, 5) is 18.7. The largest absolute Gasteiger partial charge is 0.383 e. The smallest absolute Gasteiger partial charge is 0.256 e. The van der Waals surface area contributed by atoms with Gasteiger partial charge in [0.15, 0.2) is 0 Å². The maximum atomic E-state index is 12.6. The van der Waals surface area contributed by atoms with E-state index in [0.29, 0.717) is 17.4 Å². The van der Waals surface area contributed by atoms with E-state index in [-0.39, 0.29) is 5.91 Å². The van der Waals surface area contributed by atoms with Crippen LogP contribution in [0.3, 0.4) is 0 Å². The Morgan fingerprint density at radius 1 is 1.37 bits per heavy atom. The molecule has 4 nitrogen and oxygen atoms in total. The maximum Gasteiger partial charge on any atom is 0.256 e. The van der Waals surface area contributed by atoms with Crippen LogP contribution in [0.5, 0.6) is 0 Å². The number of nitrogen functional groups attached to an aromatic ring is 1. The second-order valence-corrected chi connectivity index (χ2v) is 5.09. The molecule has 0 bridgehead atoms. The lowest BCUT2D eigenvalue weighted by Gasteiger charge is -2.22. The summed E-state index contributed by atoms with van der Waals surface area (Å²) in [5.41, 5.74) is 6.52. The summed E-state index contributed by atoms with van der Waals surface area (Å²) in [5.74, 6) is 0.537. The van der Waals surface area contributed by atoms with E-state index in [0.717, 1.165) is 30.2 Å². The summed E-state index contributed by atoms with van der Waals surface area (Å²) in [6.45, 7) is 2.93. The third-order valence-electron chi connectivity index (χ3n) is 3.87. The zero-order valence-electron chi connectivity index (χ0n) is 11.0. The average molecular weight is 255 g/mol. The number of amides is 1. The third kappa shape index (κ3) is 1.93. The van der Waals surface area contributed by atoms with Gasteiger partial charge in [0.25, 0.3) is 5.91 Å². The molecule has 1 fully saturated rings. The fourth-order valence-electron chi connectivity index (χ4n) is 2.77. The van der Waals surface area contributed by atoms with Crippen molar-refractivity contribution in [1.29, 1.82) is 0 Å². The number of fused-ring (bicyclic) bond motifs is 1. The Kier molecular flexibility index (Phi) is 2.85. The van der Waals surface area contributed by atoms with E-state index in [2.05, 4.69) is 11.9 Å². The van der Waals surface area contributed by atoms with Gasteiger partial charge < -0.3 is 10.6 Å². The van der Waals surface area contributed by atoms with Gasteiger partial charge >= 0.3 is 0 Å². The van der Waals surface area contributed by atoms with Gasteiger partial charge in [0.05, 0.1) is 5.56 Å². The van der Waals surface area contributed by atoms with Crippen molar-refractivity contribution in [3.05, 3.63) is 36.0 Å². The Morgan fingerprint density at radius 3 is 2.79 bits per heavy atom. The van der Waals surface area contributed by atoms with E-state index < -0.39 is 0 Å².